The van der Waals surface area contributed by atoms with Gasteiger partial charge in [-0.2, -0.15) is 0 Å². The van der Waals surface area contributed by atoms with E-state index < -0.39 is 11.2 Å². The van der Waals surface area contributed by atoms with Crippen LogP contribution >= 0.6 is 0 Å². The van der Waals surface area contributed by atoms with Crippen molar-refractivity contribution in [2.45, 2.75) is 38.9 Å². The van der Waals surface area contributed by atoms with Crippen LogP contribution in [0.5, 0.6) is 0 Å². The summed E-state index contributed by atoms with van der Waals surface area (Å²) in [5.41, 5.74) is 5.17. The molecule has 3 nitrogen and oxygen atoms in total. The van der Waals surface area contributed by atoms with Gasteiger partial charge in [0.1, 0.15) is 0 Å². The molecular formula is C30H29BNO2. The zero-order valence-corrected chi connectivity index (χ0v) is 20.1. The molecule has 4 heteroatoms. The Bertz CT molecular complexity index is 1410. The molecule has 0 atom stereocenters. The fraction of sp³-hybridized carbons (Fsp3) is 0.200. The molecular weight excluding hydrogens is 417 g/mol. The maximum Gasteiger partial charge on any atom is 0.330 e. The number of hydrogen-bond acceptors (Lipinski definition) is 2. The number of aromatic nitrogens is 1. The fourth-order valence-corrected chi connectivity index (χ4v) is 4.14. The van der Waals surface area contributed by atoms with Gasteiger partial charge in [-0.05, 0) is 63.1 Å². The molecule has 4 aromatic carbocycles. The lowest BCUT2D eigenvalue weighted by Crippen LogP contribution is -2.49. The van der Waals surface area contributed by atoms with Gasteiger partial charge in [0.05, 0.1) is 22.2 Å². The Labute approximate surface area is 201 Å². The number of para-hydroxylation sites is 2. The van der Waals surface area contributed by atoms with Crippen molar-refractivity contribution in [2.24, 2.45) is 0 Å². The Kier molecular flexibility index (Phi) is 5.59. The van der Waals surface area contributed by atoms with Crippen LogP contribution in [0.2, 0.25) is 0 Å². The predicted molar refractivity (Wildman–Crippen MR) is 143 cm³/mol. The first-order valence-electron chi connectivity index (χ1n) is 11.7. The normalized spacial score (nSPS) is 12.4. The maximum atomic E-state index is 10.3. The van der Waals surface area contributed by atoms with Gasteiger partial charge in [0, 0.05) is 16.5 Å². The van der Waals surface area contributed by atoms with Crippen molar-refractivity contribution in [3.8, 4) is 16.8 Å². The smallest absolute Gasteiger partial charge is 0.330 e. The summed E-state index contributed by atoms with van der Waals surface area (Å²) in [7, 11) is 1.72. The van der Waals surface area contributed by atoms with E-state index in [1.807, 2.05) is 26.0 Å². The third-order valence-electron chi connectivity index (χ3n) is 6.89. The molecule has 1 N–H and O–H groups in total. The predicted octanol–water partition coefficient (Wildman–Crippen LogP) is 6.26. The second kappa shape index (κ2) is 8.46. The third-order valence-corrected chi connectivity index (χ3v) is 6.89. The van der Waals surface area contributed by atoms with E-state index in [-0.39, 0.29) is 0 Å². The molecule has 5 aromatic rings. The van der Waals surface area contributed by atoms with E-state index >= 15 is 0 Å². The SMILES string of the molecule is CC(C)(O)C(C)(C)O[B]c1ccc(-c2cccc(-n3c4ccccc4c4ccccc43)c2)cc1. The quantitative estimate of drug-likeness (QED) is 0.313. The molecule has 0 unspecified atom stereocenters. The topological polar surface area (TPSA) is 34.4 Å². The molecule has 0 saturated heterocycles. The molecule has 0 saturated carbocycles. The van der Waals surface area contributed by atoms with Crippen LogP contribution in [0.3, 0.4) is 0 Å². The van der Waals surface area contributed by atoms with Gasteiger partial charge in [-0.3, -0.25) is 0 Å². The molecule has 0 spiro atoms. The first-order valence-corrected chi connectivity index (χ1v) is 11.7. The lowest BCUT2D eigenvalue weighted by Gasteiger charge is -2.37. The first-order chi connectivity index (χ1) is 16.2. The Morgan fingerprint density at radius 3 is 1.85 bits per heavy atom. The van der Waals surface area contributed by atoms with Crippen molar-refractivity contribution in [1.29, 1.82) is 0 Å². The molecule has 0 aliphatic heterocycles. The molecule has 1 aromatic heterocycles. The van der Waals surface area contributed by atoms with E-state index in [4.69, 9.17) is 4.65 Å². The van der Waals surface area contributed by atoms with E-state index in [0.717, 1.165) is 22.3 Å². The van der Waals surface area contributed by atoms with E-state index in [1.165, 1.54) is 21.8 Å². The minimum atomic E-state index is -0.948. The number of rotatable bonds is 6. The fourth-order valence-electron chi connectivity index (χ4n) is 4.14. The average Bonchev–Trinajstić information content (AvgIpc) is 3.17. The number of fused-ring (bicyclic) bond motifs is 3. The van der Waals surface area contributed by atoms with Gasteiger partial charge >= 0.3 is 7.48 Å². The highest BCUT2D eigenvalue weighted by atomic mass is 16.5. The van der Waals surface area contributed by atoms with Crippen molar-refractivity contribution in [3.05, 3.63) is 97.1 Å². The van der Waals surface area contributed by atoms with Crippen molar-refractivity contribution >= 4 is 34.8 Å². The molecule has 0 fully saturated rings. The molecule has 169 valence electrons. The number of benzene rings is 4. The second-order valence-corrected chi connectivity index (χ2v) is 9.85. The Balaban J connectivity index is 1.47. The Morgan fingerprint density at radius 1 is 0.676 bits per heavy atom. The van der Waals surface area contributed by atoms with Crippen molar-refractivity contribution in [1.82, 2.24) is 4.57 Å². The third kappa shape index (κ3) is 4.04. The van der Waals surface area contributed by atoms with Gasteiger partial charge in [-0.1, -0.05) is 78.3 Å². The molecule has 5 rings (SSSR count). The van der Waals surface area contributed by atoms with E-state index in [2.05, 4.69) is 89.5 Å². The van der Waals surface area contributed by atoms with Gasteiger partial charge in [0.2, 0.25) is 0 Å². The van der Waals surface area contributed by atoms with Crippen LogP contribution < -0.4 is 5.46 Å². The average molecular weight is 446 g/mol. The molecule has 34 heavy (non-hydrogen) atoms. The summed E-state index contributed by atoms with van der Waals surface area (Å²) in [6, 6.07) is 34.1. The maximum absolute atomic E-state index is 10.3. The number of nitrogens with zero attached hydrogens (tertiary/aromatic N) is 1. The van der Waals surface area contributed by atoms with Crippen LogP contribution in [0.4, 0.5) is 0 Å². The van der Waals surface area contributed by atoms with Crippen LogP contribution in [0.15, 0.2) is 97.1 Å². The van der Waals surface area contributed by atoms with Gasteiger partial charge in [-0.15, -0.1) is 0 Å². The second-order valence-electron chi connectivity index (χ2n) is 9.85. The van der Waals surface area contributed by atoms with Gasteiger partial charge in [0.15, 0.2) is 0 Å². The summed E-state index contributed by atoms with van der Waals surface area (Å²) in [5.74, 6) is 0. The minimum Gasteiger partial charge on any atom is -0.427 e. The van der Waals surface area contributed by atoms with E-state index in [0.29, 0.717) is 0 Å². The first kappa shape index (κ1) is 22.5. The lowest BCUT2D eigenvalue weighted by atomic mass is 9.82. The monoisotopic (exact) mass is 446 g/mol. The van der Waals surface area contributed by atoms with Crippen LogP contribution in [0.25, 0.3) is 38.6 Å². The largest absolute Gasteiger partial charge is 0.427 e. The zero-order valence-electron chi connectivity index (χ0n) is 20.1. The highest BCUT2D eigenvalue weighted by Gasteiger charge is 2.35. The summed E-state index contributed by atoms with van der Waals surface area (Å²) >= 11 is 0. The molecule has 1 radical (unpaired) electrons. The van der Waals surface area contributed by atoms with Gasteiger partial charge in [0.25, 0.3) is 0 Å². The number of hydrogen-bond donors (Lipinski definition) is 1. The van der Waals surface area contributed by atoms with Gasteiger partial charge < -0.3 is 14.3 Å². The van der Waals surface area contributed by atoms with Crippen LogP contribution in [-0.4, -0.2) is 28.4 Å². The van der Waals surface area contributed by atoms with Crippen molar-refractivity contribution < 1.29 is 9.76 Å². The molecule has 0 bridgehead atoms. The molecule has 0 amide bonds. The van der Waals surface area contributed by atoms with Crippen LogP contribution in [0, 0.1) is 0 Å². The summed E-state index contributed by atoms with van der Waals surface area (Å²) < 4.78 is 8.23. The standard InChI is InChI=1S/C30H29BNO2/c1-29(2,33)30(3,4)34-31-23-18-16-21(17-19-23)22-10-9-11-24(20-22)32-27-14-7-5-12-25(27)26-13-6-8-15-28(26)32/h5-20,33H,1-4H3. The highest BCUT2D eigenvalue weighted by molar-refractivity contribution is 6.47. The van der Waals surface area contributed by atoms with E-state index in [1.54, 1.807) is 21.3 Å². The Hall–Kier alpha value is -3.34. The molecule has 0 aliphatic carbocycles. The lowest BCUT2D eigenvalue weighted by molar-refractivity contribution is -0.0893. The van der Waals surface area contributed by atoms with Crippen LogP contribution in [-0.2, 0) is 4.65 Å². The molecule has 0 aliphatic rings. The van der Waals surface area contributed by atoms with Crippen LogP contribution in [0.1, 0.15) is 27.7 Å². The molecule has 1 heterocycles. The summed E-state index contributed by atoms with van der Waals surface area (Å²) in [4.78, 5) is 0. The van der Waals surface area contributed by atoms with Crippen molar-refractivity contribution in [3.63, 3.8) is 0 Å². The zero-order chi connectivity index (χ0) is 23.9. The van der Waals surface area contributed by atoms with E-state index in [9.17, 15) is 5.11 Å². The van der Waals surface area contributed by atoms with Gasteiger partial charge in [-0.25, -0.2) is 0 Å². The Morgan fingerprint density at radius 2 is 1.26 bits per heavy atom. The minimum absolute atomic E-state index is 0.692. The van der Waals surface area contributed by atoms with Crippen molar-refractivity contribution in [2.75, 3.05) is 0 Å². The summed E-state index contributed by atoms with van der Waals surface area (Å²) in [5, 5.41) is 12.8. The summed E-state index contributed by atoms with van der Waals surface area (Å²) in [6.07, 6.45) is 0. The highest BCUT2D eigenvalue weighted by Crippen LogP contribution is 2.33. The number of aliphatic hydroxyl groups is 1. The summed E-state index contributed by atoms with van der Waals surface area (Å²) in [6.45, 7) is 7.29.